The largest absolute Gasteiger partial charge is 0.0825 e. The first-order valence-electron chi connectivity index (χ1n) is 4.79. The van der Waals surface area contributed by atoms with Crippen molar-refractivity contribution < 1.29 is 0 Å². The molecule has 0 aromatic carbocycles. The molecule has 0 bridgehead atoms. The van der Waals surface area contributed by atoms with Crippen LogP contribution < -0.4 is 0 Å². The van der Waals surface area contributed by atoms with E-state index in [1.165, 1.54) is 12.8 Å². The first kappa shape index (κ1) is 8.83. The molecule has 0 radical (unpaired) electrons. The summed E-state index contributed by atoms with van der Waals surface area (Å²) in [5, 5.41) is 0. The van der Waals surface area contributed by atoms with E-state index in [0.717, 1.165) is 17.8 Å². The molecule has 1 aliphatic carbocycles. The van der Waals surface area contributed by atoms with Crippen molar-refractivity contribution in [2.45, 2.75) is 40.5 Å². The molecule has 2 atom stereocenters. The van der Waals surface area contributed by atoms with Crippen LogP contribution in [0.5, 0.6) is 0 Å². The van der Waals surface area contributed by atoms with Crippen LogP contribution in [0.3, 0.4) is 0 Å². The lowest BCUT2D eigenvalue weighted by molar-refractivity contribution is 0.362. The fraction of sp³-hybridized carbons (Fsp3) is 0.818. The van der Waals surface area contributed by atoms with Crippen LogP contribution in [0.15, 0.2) is 11.6 Å². The van der Waals surface area contributed by atoms with Crippen molar-refractivity contribution in [1.82, 2.24) is 0 Å². The molecule has 1 rings (SSSR count). The lowest BCUT2D eigenvalue weighted by Crippen LogP contribution is -2.16. The zero-order valence-electron chi connectivity index (χ0n) is 8.22. The fourth-order valence-electron chi connectivity index (χ4n) is 2.18. The topological polar surface area (TPSA) is 0 Å². The number of hydrogen-bond donors (Lipinski definition) is 0. The van der Waals surface area contributed by atoms with Gasteiger partial charge in [-0.1, -0.05) is 32.4 Å². The molecule has 0 aliphatic heterocycles. The summed E-state index contributed by atoms with van der Waals surface area (Å²) in [5.74, 6) is 2.52. The van der Waals surface area contributed by atoms with Crippen LogP contribution >= 0.6 is 0 Å². The standard InChI is InChI=1S/C11H20/c1-8(2)11-6-5-9(3)7-10(11)4/h7-9,11H,5-6H2,1-4H3/t9?,11-/m0/s1. The van der Waals surface area contributed by atoms with Crippen LogP contribution in [0.1, 0.15) is 40.5 Å². The van der Waals surface area contributed by atoms with Crippen molar-refractivity contribution in [2.24, 2.45) is 17.8 Å². The van der Waals surface area contributed by atoms with Gasteiger partial charge in [-0.05, 0) is 37.5 Å². The SMILES string of the molecule is CC1=CC(C)CC[C@H]1C(C)C. The second-order valence-electron chi connectivity index (χ2n) is 4.32. The van der Waals surface area contributed by atoms with Crippen molar-refractivity contribution in [1.29, 1.82) is 0 Å². The highest BCUT2D eigenvalue weighted by Crippen LogP contribution is 2.32. The minimum absolute atomic E-state index is 0.824. The zero-order chi connectivity index (χ0) is 8.43. The summed E-state index contributed by atoms with van der Waals surface area (Å²) in [6.45, 7) is 9.27. The molecule has 11 heavy (non-hydrogen) atoms. The lowest BCUT2D eigenvalue weighted by atomic mass is 9.78. The molecular weight excluding hydrogens is 132 g/mol. The molecule has 0 amide bonds. The van der Waals surface area contributed by atoms with Crippen LogP contribution in [0.4, 0.5) is 0 Å². The molecule has 1 aliphatic rings. The first-order valence-corrected chi connectivity index (χ1v) is 4.79. The van der Waals surface area contributed by atoms with Gasteiger partial charge in [0.1, 0.15) is 0 Å². The third kappa shape index (κ3) is 2.08. The second-order valence-corrected chi connectivity index (χ2v) is 4.32. The maximum Gasteiger partial charge on any atom is -0.0183 e. The Labute approximate surface area is 70.7 Å². The average molecular weight is 152 g/mol. The van der Waals surface area contributed by atoms with E-state index >= 15 is 0 Å². The zero-order valence-corrected chi connectivity index (χ0v) is 8.22. The Bertz CT molecular complexity index is 153. The molecule has 0 saturated carbocycles. The molecule has 1 unspecified atom stereocenters. The van der Waals surface area contributed by atoms with E-state index in [2.05, 4.69) is 33.8 Å². The molecular formula is C11H20. The Kier molecular flexibility index (Phi) is 2.75. The fourth-order valence-corrected chi connectivity index (χ4v) is 2.18. The van der Waals surface area contributed by atoms with Crippen molar-refractivity contribution in [2.75, 3.05) is 0 Å². The lowest BCUT2D eigenvalue weighted by Gasteiger charge is -2.28. The van der Waals surface area contributed by atoms with Gasteiger partial charge in [-0.2, -0.15) is 0 Å². The molecule has 64 valence electrons. The molecule has 0 heteroatoms. The van der Waals surface area contributed by atoms with Gasteiger partial charge in [0.15, 0.2) is 0 Å². The highest BCUT2D eigenvalue weighted by molar-refractivity contribution is 5.09. The van der Waals surface area contributed by atoms with Crippen LogP contribution in [0.2, 0.25) is 0 Å². The molecule has 0 nitrogen and oxygen atoms in total. The molecule has 0 aromatic heterocycles. The van der Waals surface area contributed by atoms with E-state index in [4.69, 9.17) is 0 Å². The van der Waals surface area contributed by atoms with Crippen molar-refractivity contribution >= 4 is 0 Å². The Morgan fingerprint density at radius 3 is 2.45 bits per heavy atom. The third-order valence-corrected chi connectivity index (χ3v) is 2.87. The second kappa shape index (κ2) is 3.42. The Balaban J connectivity index is 2.64. The smallest absolute Gasteiger partial charge is 0.0183 e. The summed E-state index contributed by atoms with van der Waals surface area (Å²) in [7, 11) is 0. The van der Waals surface area contributed by atoms with E-state index in [9.17, 15) is 0 Å². The van der Waals surface area contributed by atoms with Gasteiger partial charge in [-0.25, -0.2) is 0 Å². The van der Waals surface area contributed by atoms with Crippen LogP contribution in [-0.4, -0.2) is 0 Å². The van der Waals surface area contributed by atoms with Crippen molar-refractivity contribution in [3.63, 3.8) is 0 Å². The molecule has 0 aromatic rings. The summed E-state index contributed by atoms with van der Waals surface area (Å²) in [5.41, 5.74) is 1.62. The van der Waals surface area contributed by atoms with Gasteiger partial charge in [-0.15, -0.1) is 0 Å². The number of hydrogen-bond acceptors (Lipinski definition) is 0. The van der Waals surface area contributed by atoms with Gasteiger partial charge in [0.25, 0.3) is 0 Å². The maximum absolute atomic E-state index is 2.45. The van der Waals surface area contributed by atoms with Gasteiger partial charge in [0.2, 0.25) is 0 Å². The van der Waals surface area contributed by atoms with Crippen LogP contribution in [0, 0.1) is 17.8 Å². The molecule has 0 spiro atoms. The monoisotopic (exact) mass is 152 g/mol. The van der Waals surface area contributed by atoms with E-state index in [1.807, 2.05) is 0 Å². The van der Waals surface area contributed by atoms with Crippen LogP contribution in [0.25, 0.3) is 0 Å². The highest BCUT2D eigenvalue weighted by Gasteiger charge is 2.20. The Morgan fingerprint density at radius 2 is 2.00 bits per heavy atom. The van der Waals surface area contributed by atoms with Crippen molar-refractivity contribution in [3.05, 3.63) is 11.6 Å². The summed E-state index contributed by atoms with van der Waals surface area (Å²) in [6, 6.07) is 0. The van der Waals surface area contributed by atoms with E-state index in [0.29, 0.717) is 0 Å². The van der Waals surface area contributed by atoms with E-state index in [1.54, 1.807) is 5.57 Å². The number of rotatable bonds is 1. The summed E-state index contributed by atoms with van der Waals surface area (Å²) < 4.78 is 0. The maximum atomic E-state index is 2.45. The molecule has 0 heterocycles. The molecule has 0 N–H and O–H groups in total. The van der Waals surface area contributed by atoms with E-state index < -0.39 is 0 Å². The highest BCUT2D eigenvalue weighted by atomic mass is 14.3. The van der Waals surface area contributed by atoms with Gasteiger partial charge in [0, 0.05) is 0 Å². The summed E-state index contributed by atoms with van der Waals surface area (Å²) in [4.78, 5) is 0. The average Bonchev–Trinajstić information content (AvgIpc) is 1.85. The predicted molar refractivity (Wildman–Crippen MR) is 50.5 cm³/mol. The first-order chi connectivity index (χ1) is 5.11. The summed E-state index contributed by atoms with van der Waals surface area (Å²) >= 11 is 0. The Morgan fingerprint density at radius 1 is 1.36 bits per heavy atom. The minimum Gasteiger partial charge on any atom is -0.0825 e. The van der Waals surface area contributed by atoms with Gasteiger partial charge >= 0.3 is 0 Å². The number of allylic oxidation sites excluding steroid dienone is 2. The Hall–Kier alpha value is -0.260. The van der Waals surface area contributed by atoms with Gasteiger partial charge < -0.3 is 0 Å². The van der Waals surface area contributed by atoms with Crippen molar-refractivity contribution in [3.8, 4) is 0 Å². The van der Waals surface area contributed by atoms with E-state index in [-0.39, 0.29) is 0 Å². The quantitative estimate of drug-likeness (QED) is 0.503. The van der Waals surface area contributed by atoms with Crippen LogP contribution in [-0.2, 0) is 0 Å². The third-order valence-electron chi connectivity index (χ3n) is 2.87. The molecule has 0 fully saturated rings. The van der Waals surface area contributed by atoms with Gasteiger partial charge in [0.05, 0.1) is 0 Å². The summed E-state index contributed by atoms with van der Waals surface area (Å²) in [6.07, 6.45) is 5.25. The minimum atomic E-state index is 0.824. The van der Waals surface area contributed by atoms with Gasteiger partial charge in [-0.3, -0.25) is 0 Å². The normalized spacial score (nSPS) is 32.3. The molecule has 0 saturated heterocycles. The predicted octanol–water partition coefficient (Wildman–Crippen LogP) is 3.63.